The van der Waals surface area contributed by atoms with Crippen molar-refractivity contribution in [3.8, 4) is 6.07 Å². The van der Waals surface area contributed by atoms with Crippen LogP contribution in [0, 0.1) is 17.2 Å². The van der Waals surface area contributed by atoms with E-state index in [1.807, 2.05) is 12.1 Å². The lowest BCUT2D eigenvalue weighted by Gasteiger charge is -2.26. The normalized spacial score (nSPS) is 21.7. The van der Waals surface area contributed by atoms with Gasteiger partial charge in [-0.3, -0.25) is 4.79 Å². The Morgan fingerprint density at radius 3 is 2.43 bits per heavy atom. The van der Waals surface area contributed by atoms with Gasteiger partial charge in [-0.2, -0.15) is 5.26 Å². The Balaban J connectivity index is 1.85. The summed E-state index contributed by atoms with van der Waals surface area (Å²) in [6.45, 7) is 0. The predicted molar refractivity (Wildman–Crippen MR) is 77.5 cm³/mol. The van der Waals surface area contributed by atoms with Crippen LogP contribution in [0.3, 0.4) is 0 Å². The smallest absolute Gasteiger partial charge is 0.338 e. The number of ether oxygens (including phenoxy) is 1. The number of aldehydes is 1. The highest BCUT2D eigenvalue weighted by atomic mass is 16.5. The fourth-order valence-electron chi connectivity index (χ4n) is 2.50. The van der Waals surface area contributed by atoms with Gasteiger partial charge in [0.25, 0.3) is 0 Å². The molecule has 21 heavy (non-hydrogen) atoms. The first-order valence-electron chi connectivity index (χ1n) is 7.06. The number of allylic oxidation sites excluding steroid dienone is 2. The zero-order valence-corrected chi connectivity index (χ0v) is 11.7. The van der Waals surface area contributed by atoms with E-state index in [4.69, 9.17) is 10.00 Å². The minimum atomic E-state index is -0.341. The van der Waals surface area contributed by atoms with Crippen LogP contribution in [0.15, 0.2) is 36.4 Å². The van der Waals surface area contributed by atoms with E-state index in [0.29, 0.717) is 17.0 Å². The Morgan fingerprint density at radius 2 is 1.86 bits per heavy atom. The van der Waals surface area contributed by atoms with Gasteiger partial charge in [-0.15, -0.1) is 0 Å². The number of carbonyl (C=O) groups is 2. The van der Waals surface area contributed by atoms with Gasteiger partial charge in [-0.25, -0.2) is 4.79 Å². The van der Waals surface area contributed by atoms with Gasteiger partial charge in [0.2, 0.25) is 0 Å². The van der Waals surface area contributed by atoms with E-state index in [-0.39, 0.29) is 12.1 Å². The lowest BCUT2D eigenvalue weighted by molar-refractivity contribution is -0.104. The van der Waals surface area contributed by atoms with Crippen molar-refractivity contribution < 1.29 is 14.3 Å². The van der Waals surface area contributed by atoms with Gasteiger partial charge in [-0.1, -0.05) is 6.08 Å². The molecule has 108 valence electrons. The Kier molecular flexibility index (Phi) is 5.28. The second-order valence-corrected chi connectivity index (χ2v) is 5.15. The maximum absolute atomic E-state index is 12.0. The van der Waals surface area contributed by atoms with Gasteiger partial charge in [0.1, 0.15) is 12.4 Å². The third-order valence-electron chi connectivity index (χ3n) is 3.70. The molecule has 1 fully saturated rings. The highest BCUT2D eigenvalue weighted by Gasteiger charge is 2.23. The summed E-state index contributed by atoms with van der Waals surface area (Å²) < 4.78 is 5.49. The Morgan fingerprint density at radius 1 is 1.19 bits per heavy atom. The molecular weight excluding hydrogens is 266 g/mol. The number of hydrogen-bond donors (Lipinski definition) is 0. The average Bonchev–Trinajstić information content (AvgIpc) is 2.54. The van der Waals surface area contributed by atoms with Crippen LogP contribution >= 0.6 is 0 Å². The average molecular weight is 283 g/mol. The molecule has 0 N–H and O–H groups in total. The van der Waals surface area contributed by atoms with E-state index < -0.39 is 0 Å². The molecular formula is C17H17NO3. The number of esters is 1. The molecule has 4 nitrogen and oxygen atoms in total. The van der Waals surface area contributed by atoms with Gasteiger partial charge >= 0.3 is 5.97 Å². The standard InChI is InChI=1S/C17H17NO3/c18-12-14-3-7-15(8-4-14)17(20)21-16-9-5-13(6-10-16)2-1-11-19/h1-4,7-8,11,13,16H,5-6,9-10H2. The molecule has 0 saturated heterocycles. The maximum Gasteiger partial charge on any atom is 0.338 e. The first kappa shape index (κ1) is 15.0. The van der Waals surface area contributed by atoms with E-state index in [2.05, 4.69) is 0 Å². The third kappa shape index (κ3) is 4.28. The molecule has 0 spiro atoms. The Bertz CT molecular complexity index is 561. The lowest BCUT2D eigenvalue weighted by Crippen LogP contribution is -2.24. The molecule has 0 radical (unpaired) electrons. The van der Waals surface area contributed by atoms with Gasteiger partial charge in [-0.05, 0) is 61.9 Å². The summed E-state index contributed by atoms with van der Waals surface area (Å²) in [7, 11) is 0. The van der Waals surface area contributed by atoms with Crippen molar-refractivity contribution in [2.24, 2.45) is 5.92 Å². The molecule has 1 aromatic rings. The fraction of sp³-hybridized carbons (Fsp3) is 0.353. The molecule has 1 saturated carbocycles. The van der Waals surface area contributed by atoms with Crippen LogP contribution < -0.4 is 0 Å². The number of nitrogens with zero attached hydrogens (tertiary/aromatic N) is 1. The monoisotopic (exact) mass is 283 g/mol. The fourth-order valence-corrected chi connectivity index (χ4v) is 2.50. The summed E-state index contributed by atoms with van der Waals surface area (Å²) in [6, 6.07) is 8.45. The van der Waals surface area contributed by atoms with Crippen molar-refractivity contribution in [3.05, 3.63) is 47.5 Å². The van der Waals surface area contributed by atoms with Crippen molar-refractivity contribution in [1.29, 1.82) is 5.26 Å². The molecule has 1 aromatic carbocycles. The number of carbonyl (C=O) groups excluding carboxylic acids is 2. The van der Waals surface area contributed by atoms with Crippen molar-refractivity contribution in [3.63, 3.8) is 0 Å². The zero-order valence-electron chi connectivity index (χ0n) is 11.7. The predicted octanol–water partition coefficient (Wildman–Crippen LogP) is 3.03. The van der Waals surface area contributed by atoms with E-state index in [0.717, 1.165) is 32.0 Å². The van der Waals surface area contributed by atoms with Crippen molar-refractivity contribution >= 4 is 12.3 Å². The molecule has 0 bridgehead atoms. The van der Waals surface area contributed by atoms with E-state index in [9.17, 15) is 9.59 Å². The molecule has 0 aromatic heterocycles. The van der Waals surface area contributed by atoms with Crippen LogP contribution in [-0.2, 0) is 9.53 Å². The summed E-state index contributed by atoms with van der Waals surface area (Å²) in [6.07, 6.45) is 7.67. The summed E-state index contributed by atoms with van der Waals surface area (Å²) in [5, 5.41) is 8.72. The number of benzene rings is 1. The Labute approximate surface area is 124 Å². The molecule has 0 amide bonds. The van der Waals surface area contributed by atoms with Gasteiger partial charge in [0.05, 0.1) is 17.2 Å². The van der Waals surface area contributed by atoms with Crippen molar-refractivity contribution in [1.82, 2.24) is 0 Å². The van der Waals surface area contributed by atoms with Crippen LogP contribution in [0.2, 0.25) is 0 Å². The molecule has 0 heterocycles. The molecule has 0 unspecified atom stereocenters. The van der Waals surface area contributed by atoms with E-state index in [1.54, 1.807) is 24.3 Å². The number of rotatable bonds is 4. The van der Waals surface area contributed by atoms with E-state index in [1.165, 1.54) is 6.08 Å². The molecule has 0 aliphatic heterocycles. The minimum Gasteiger partial charge on any atom is -0.459 e. The SMILES string of the molecule is N#Cc1ccc(C(=O)OC2CCC(C=CC=O)CC2)cc1. The number of hydrogen-bond acceptors (Lipinski definition) is 4. The van der Waals surface area contributed by atoms with Crippen LogP contribution in [0.1, 0.15) is 41.6 Å². The van der Waals surface area contributed by atoms with E-state index >= 15 is 0 Å². The van der Waals surface area contributed by atoms with Crippen LogP contribution in [0.5, 0.6) is 0 Å². The Hall–Kier alpha value is -2.41. The third-order valence-corrected chi connectivity index (χ3v) is 3.70. The van der Waals surface area contributed by atoms with Gasteiger partial charge < -0.3 is 4.74 Å². The van der Waals surface area contributed by atoms with Crippen LogP contribution in [-0.4, -0.2) is 18.4 Å². The first-order chi connectivity index (χ1) is 10.2. The highest BCUT2D eigenvalue weighted by molar-refractivity contribution is 5.89. The second kappa shape index (κ2) is 7.39. The lowest BCUT2D eigenvalue weighted by atomic mass is 9.87. The van der Waals surface area contributed by atoms with Crippen molar-refractivity contribution in [2.45, 2.75) is 31.8 Å². The minimum absolute atomic E-state index is 0.0611. The topological polar surface area (TPSA) is 67.2 Å². The summed E-state index contributed by atoms with van der Waals surface area (Å²) in [5.74, 6) is 0.0615. The highest BCUT2D eigenvalue weighted by Crippen LogP contribution is 2.27. The number of nitriles is 1. The van der Waals surface area contributed by atoms with Crippen LogP contribution in [0.25, 0.3) is 0 Å². The van der Waals surface area contributed by atoms with Crippen LogP contribution in [0.4, 0.5) is 0 Å². The first-order valence-corrected chi connectivity index (χ1v) is 7.06. The maximum atomic E-state index is 12.0. The molecule has 1 aliphatic rings. The molecule has 2 rings (SSSR count). The molecule has 1 aliphatic carbocycles. The van der Waals surface area contributed by atoms with Crippen molar-refractivity contribution in [2.75, 3.05) is 0 Å². The largest absolute Gasteiger partial charge is 0.459 e. The van der Waals surface area contributed by atoms with Gasteiger partial charge in [0, 0.05) is 0 Å². The zero-order chi connectivity index (χ0) is 15.1. The second-order valence-electron chi connectivity index (χ2n) is 5.15. The molecule has 4 heteroatoms. The summed E-state index contributed by atoms with van der Waals surface area (Å²) in [4.78, 5) is 22.3. The summed E-state index contributed by atoms with van der Waals surface area (Å²) in [5.41, 5.74) is 0.992. The summed E-state index contributed by atoms with van der Waals surface area (Å²) >= 11 is 0. The quantitative estimate of drug-likeness (QED) is 0.484. The van der Waals surface area contributed by atoms with Gasteiger partial charge in [0.15, 0.2) is 0 Å². The molecule has 0 atom stereocenters.